The fourth-order valence-corrected chi connectivity index (χ4v) is 2.30. The lowest BCUT2D eigenvalue weighted by Crippen LogP contribution is -2.28. The van der Waals surface area contributed by atoms with E-state index in [0.29, 0.717) is 0 Å². The molecule has 0 spiro atoms. The van der Waals surface area contributed by atoms with Crippen molar-refractivity contribution in [2.24, 2.45) is 0 Å². The number of anilines is 1. The van der Waals surface area contributed by atoms with Crippen LogP contribution in [0.2, 0.25) is 5.02 Å². The van der Waals surface area contributed by atoms with E-state index in [1.54, 1.807) is 0 Å². The maximum absolute atomic E-state index is 5.87. The number of rotatable bonds is 4. The Hall–Kier alpha value is -0.730. The molecule has 2 nitrogen and oxygen atoms in total. The molecular formula is C13H19ClN2. The second-order valence-electron chi connectivity index (χ2n) is 4.48. The number of hydrogen-bond acceptors (Lipinski definition) is 2. The van der Waals surface area contributed by atoms with Gasteiger partial charge in [0.2, 0.25) is 0 Å². The normalized spacial score (nSPS) is 20.0. The van der Waals surface area contributed by atoms with Crippen LogP contribution in [0, 0.1) is 0 Å². The van der Waals surface area contributed by atoms with Crippen molar-refractivity contribution in [1.29, 1.82) is 0 Å². The first kappa shape index (κ1) is 11.7. The SMILES string of the molecule is CN(CCC1CCCN1)c1ccc(Cl)cc1. The van der Waals surface area contributed by atoms with Gasteiger partial charge >= 0.3 is 0 Å². The molecular weight excluding hydrogens is 220 g/mol. The first-order valence-electron chi connectivity index (χ1n) is 5.96. The van der Waals surface area contributed by atoms with Gasteiger partial charge in [0.15, 0.2) is 0 Å². The maximum atomic E-state index is 5.87. The summed E-state index contributed by atoms with van der Waals surface area (Å²) in [6.45, 7) is 2.29. The van der Waals surface area contributed by atoms with Crippen LogP contribution < -0.4 is 10.2 Å². The van der Waals surface area contributed by atoms with E-state index in [1.165, 1.54) is 31.5 Å². The minimum Gasteiger partial charge on any atom is -0.375 e. The lowest BCUT2D eigenvalue weighted by Gasteiger charge is -2.21. The molecule has 16 heavy (non-hydrogen) atoms. The van der Waals surface area contributed by atoms with Crippen molar-refractivity contribution in [2.45, 2.75) is 25.3 Å². The van der Waals surface area contributed by atoms with E-state index in [1.807, 2.05) is 12.1 Å². The molecule has 88 valence electrons. The second-order valence-corrected chi connectivity index (χ2v) is 4.92. The Morgan fingerprint density at radius 3 is 2.75 bits per heavy atom. The van der Waals surface area contributed by atoms with Crippen LogP contribution in [0.1, 0.15) is 19.3 Å². The highest BCUT2D eigenvalue weighted by molar-refractivity contribution is 6.30. The van der Waals surface area contributed by atoms with E-state index >= 15 is 0 Å². The molecule has 1 fully saturated rings. The molecule has 0 bridgehead atoms. The summed E-state index contributed by atoms with van der Waals surface area (Å²) in [5, 5.41) is 4.33. The van der Waals surface area contributed by atoms with E-state index in [2.05, 4.69) is 29.4 Å². The summed E-state index contributed by atoms with van der Waals surface area (Å²) in [6, 6.07) is 8.76. The van der Waals surface area contributed by atoms with Crippen molar-refractivity contribution in [2.75, 3.05) is 25.0 Å². The zero-order chi connectivity index (χ0) is 11.4. The molecule has 1 aliphatic rings. The minimum atomic E-state index is 0.717. The number of halogens is 1. The third-order valence-electron chi connectivity index (χ3n) is 3.24. The summed E-state index contributed by atoms with van der Waals surface area (Å²) >= 11 is 5.87. The van der Waals surface area contributed by atoms with Crippen LogP contribution in [0.15, 0.2) is 24.3 Å². The van der Waals surface area contributed by atoms with Crippen molar-refractivity contribution < 1.29 is 0 Å². The van der Waals surface area contributed by atoms with E-state index in [-0.39, 0.29) is 0 Å². The van der Waals surface area contributed by atoms with Crippen LogP contribution in [-0.4, -0.2) is 26.2 Å². The smallest absolute Gasteiger partial charge is 0.0407 e. The van der Waals surface area contributed by atoms with Crippen molar-refractivity contribution in [3.8, 4) is 0 Å². The molecule has 1 unspecified atom stereocenters. The van der Waals surface area contributed by atoms with Gasteiger partial charge < -0.3 is 10.2 Å². The molecule has 0 saturated carbocycles. The topological polar surface area (TPSA) is 15.3 Å². The predicted molar refractivity (Wildman–Crippen MR) is 70.4 cm³/mol. The standard InChI is InChI=1S/C13H19ClN2/c1-16(10-8-12-3-2-9-15-12)13-6-4-11(14)5-7-13/h4-7,12,15H,2-3,8-10H2,1H3. The van der Waals surface area contributed by atoms with E-state index in [0.717, 1.165) is 17.6 Å². The molecule has 1 aromatic carbocycles. The summed E-state index contributed by atoms with van der Waals surface area (Å²) < 4.78 is 0. The monoisotopic (exact) mass is 238 g/mol. The highest BCUT2D eigenvalue weighted by atomic mass is 35.5. The van der Waals surface area contributed by atoms with E-state index in [9.17, 15) is 0 Å². The van der Waals surface area contributed by atoms with Crippen LogP contribution in [0.25, 0.3) is 0 Å². The van der Waals surface area contributed by atoms with Gasteiger partial charge in [-0.25, -0.2) is 0 Å². The summed E-state index contributed by atoms with van der Waals surface area (Å²) in [5.74, 6) is 0. The molecule has 0 amide bonds. The van der Waals surface area contributed by atoms with Gasteiger partial charge in [0, 0.05) is 30.3 Å². The molecule has 3 heteroatoms. The Morgan fingerprint density at radius 2 is 2.12 bits per heavy atom. The number of nitrogens with one attached hydrogen (secondary N) is 1. The first-order chi connectivity index (χ1) is 7.75. The quantitative estimate of drug-likeness (QED) is 0.868. The Labute approximate surface area is 103 Å². The van der Waals surface area contributed by atoms with Crippen LogP contribution in [0.5, 0.6) is 0 Å². The lowest BCUT2D eigenvalue weighted by atomic mass is 10.1. The largest absolute Gasteiger partial charge is 0.375 e. The molecule has 1 aliphatic heterocycles. The lowest BCUT2D eigenvalue weighted by molar-refractivity contribution is 0.559. The van der Waals surface area contributed by atoms with Gasteiger partial charge in [0.25, 0.3) is 0 Å². The molecule has 1 N–H and O–H groups in total. The zero-order valence-electron chi connectivity index (χ0n) is 9.75. The Balaban J connectivity index is 1.82. The highest BCUT2D eigenvalue weighted by Gasteiger charge is 2.14. The van der Waals surface area contributed by atoms with Gasteiger partial charge in [-0.2, -0.15) is 0 Å². The van der Waals surface area contributed by atoms with Gasteiger partial charge in [0.05, 0.1) is 0 Å². The molecule has 0 radical (unpaired) electrons. The maximum Gasteiger partial charge on any atom is 0.0407 e. The number of hydrogen-bond donors (Lipinski definition) is 1. The van der Waals surface area contributed by atoms with Gasteiger partial charge in [-0.05, 0) is 50.1 Å². The Morgan fingerprint density at radius 1 is 1.38 bits per heavy atom. The molecule has 1 saturated heterocycles. The summed E-state index contributed by atoms with van der Waals surface area (Å²) in [4.78, 5) is 2.29. The summed E-state index contributed by atoms with van der Waals surface area (Å²) in [5.41, 5.74) is 1.24. The van der Waals surface area contributed by atoms with Crippen LogP contribution >= 0.6 is 11.6 Å². The summed E-state index contributed by atoms with van der Waals surface area (Å²) in [7, 11) is 2.14. The van der Waals surface area contributed by atoms with Crippen LogP contribution in [0.3, 0.4) is 0 Å². The predicted octanol–water partition coefficient (Wildman–Crippen LogP) is 2.92. The fourth-order valence-electron chi connectivity index (χ4n) is 2.18. The molecule has 1 heterocycles. The average Bonchev–Trinajstić information content (AvgIpc) is 2.80. The third-order valence-corrected chi connectivity index (χ3v) is 3.49. The Kier molecular flexibility index (Phi) is 4.08. The van der Waals surface area contributed by atoms with Gasteiger partial charge in [-0.1, -0.05) is 11.6 Å². The van der Waals surface area contributed by atoms with Gasteiger partial charge in [0.1, 0.15) is 0 Å². The van der Waals surface area contributed by atoms with Crippen LogP contribution in [-0.2, 0) is 0 Å². The molecule has 0 aromatic heterocycles. The fraction of sp³-hybridized carbons (Fsp3) is 0.538. The first-order valence-corrected chi connectivity index (χ1v) is 6.33. The van der Waals surface area contributed by atoms with E-state index in [4.69, 9.17) is 11.6 Å². The Bertz CT molecular complexity index is 317. The molecule has 1 aromatic rings. The van der Waals surface area contributed by atoms with E-state index < -0.39 is 0 Å². The van der Waals surface area contributed by atoms with Crippen LogP contribution in [0.4, 0.5) is 5.69 Å². The number of nitrogens with zero attached hydrogens (tertiary/aromatic N) is 1. The van der Waals surface area contributed by atoms with Crippen molar-refractivity contribution >= 4 is 17.3 Å². The third kappa shape index (κ3) is 3.13. The number of benzene rings is 1. The highest BCUT2D eigenvalue weighted by Crippen LogP contribution is 2.18. The van der Waals surface area contributed by atoms with Crippen molar-refractivity contribution in [1.82, 2.24) is 5.32 Å². The van der Waals surface area contributed by atoms with Gasteiger partial charge in [-0.3, -0.25) is 0 Å². The zero-order valence-corrected chi connectivity index (χ0v) is 10.5. The summed E-state index contributed by atoms with van der Waals surface area (Å²) in [6.07, 6.45) is 3.88. The average molecular weight is 239 g/mol. The molecule has 2 rings (SSSR count). The van der Waals surface area contributed by atoms with Crippen molar-refractivity contribution in [3.05, 3.63) is 29.3 Å². The van der Waals surface area contributed by atoms with Crippen molar-refractivity contribution in [3.63, 3.8) is 0 Å². The van der Waals surface area contributed by atoms with Gasteiger partial charge in [-0.15, -0.1) is 0 Å². The molecule has 0 aliphatic carbocycles. The molecule has 1 atom stereocenters. The minimum absolute atomic E-state index is 0.717. The second kappa shape index (κ2) is 5.55.